The standard InChI is InChI=1S/C18H16FN2O2/c19-15-6-3-4-13(11-22)17(15)18(23)20-9-8-12-10-21-16-7-2-1-5-14(12)16/h1-7,10,21H,8-9,11H2,(H,20,23). The number of aromatic amines is 1. The molecule has 0 saturated heterocycles. The van der Waals surface area contributed by atoms with Crippen molar-refractivity contribution < 1.29 is 14.3 Å². The Morgan fingerprint density at radius 2 is 1.91 bits per heavy atom. The Hall–Kier alpha value is -2.66. The van der Waals surface area contributed by atoms with E-state index in [2.05, 4.69) is 10.3 Å². The van der Waals surface area contributed by atoms with Crippen LogP contribution >= 0.6 is 0 Å². The highest BCUT2D eigenvalue weighted by Crippen LogP contribution is 2.18. The molecule has 1 radical (unpaired) electrons. The summed E-state index contributed by atoms with van der Waals surface area (Å²) in [7, 11) is 0. The number of H-pyrrole nitrogens is 1. The molecule has 3 rings (SSSR count). The summed E-state index contributed by atoms with van der Waals surface area (Å²) in [5.74, 6) is -1.21. The van der Waals surface area contributed by atoms with E-state index in [4.69, 9.17) is 0 Å². The van der Waals surface area contributed by atoms with Gasteiger partial charge in [0.2, 0.25) is 0 Å². The topological polar surface area (TPSA) is 64.8 Å². The number of hydrogen-bond donors (Lipinski definition) is 2. The van der Waals surface area contributed by atoms with Gasteiger partial charge in [0, 0.05) is 23.6 Å². The molecule has 1 amide bonds. The Balaban J connectivity index is 1.68. The fourth-order valence-electron chi connectivity index (χ4n) is 2.68. The van der Waals surface area contributed by atoms with Crippen LogP contribution in [0, 0.1) is 5.82 Å². The molecule has 0 unspecified atom stereocenters. The number of fused-ring (bicyclic) bond motifs is 1. The molecule has 0 bridgehead atoms. The highest BCUT2D eigenvalue weighted by molar-refractivity contribution is 5.96. The van der Waals surface area contributed by atoms with Gasteiger partial charge in [0.05, 0.1) is 5.56 Å². The maximum absolute atomic E-state index is 13.8. The first-order valence-corrected chi connectivity index (χ1v) is 7.39. The van der Waals surface area contributed by atoms with Gasteiger partial charge in [-0.3, -0.25) is 4.79 Å². The summed E-state index contributed by atoms with van der Waals surface area (Å²) in [4.78, 5) is 15.3. The molecule has 0 spiro atoms. The molecule has 1 aromatic heterocycles. The monoisotopic (exact) mass is 311 g/mol. The first-order valence-electron chi connectivity index (χ1n) is 7.39. The van der Waals surface area contributed by atoms with Crippen LogP contribution in [0.1, 0.15) is 21.5 Å². The van der Waals surface area contributed by atoms with Crippen molar-refractivity contribution in [3.8, 4) is 0 Å². The van der Waals surface area contributed by atoms with Gasteiger partial charge in [-0.1, -0.05) is 30.3 Å². The Kier molecular flexibility index (Phi) is 4.39. The number of aromatic nitrogens is 1. The predicted octanol–water partition coefficient (Wildman–Crippen LogP) is 3.21. The van der Waals surface area contributed by atoms with Crippen LogP contribution < -0.4 is 5.32 Å². The largest absolute Gasteiger partial charge is 0.361 e. The van der Waals surface area contributed by atoms with Crippen molar-refractivity contribution in [1.82, 2.24) is 10.3 Å². The first kappa shape index (κ1) is 15.2. The van der Waals surface area contributed by atoms with Crippen molar-refractivity contribution in [3.05, 3.63) is 71.2 Å². The summed E-state index contributed by atoms with van der Waals surface area (Å²) < 4.78 is 13.8. The third kappa shape index (κ3) is 3.10. The number of para-hydroxylation sites is 1. The van der Waals surface area contributed by atoms with Crippen LogP contribution in [-0.2, 0) is 18.1 Å². The lowest BCUT2D eigenvalue weighted by molar-refractivity contribution is 0.0943. The second-order valence-corrected chi connectivity index (χ2v) is 5.28. The molecule has 2 N–H and O–H groups in total. The van der Waals surface area contributed by atoms with Crippen molar-refractivity contribution in [2.24, 2.45) is 0 Å². The van der Waals surface area contributed by atoms with Crippen LogP contribution in [0.2, 0.25) is 0 Å². The molecular formula is C18H16FN2O2. The van der Waals surface area contributed by atoms with Gasteiger partial charge in [-0.25, -0.2) is 9.50 Å². The lowest BCUT2D eigenvalue weighted by Gasteiger charge is -2.09. The molecule has 23 heavy (non-hydrogen) atoms. The molecule has 0 aliphatic rings. The Morgan fingerprint density at radius 1 is 1.09 bits per heavy atom. The molecule has 4 nitrogen and oxygen atoms in total. The van der Waals surface area contributed by atoms with Crippen molar-refractivity contribution in [2.45, 2.75) is 13.0 Å². The average molecular weight is 311 g/mol. The van der Waals surface area contributed by atoms with Gasteiger partial charge in [0.1, 0.15) is 12.4 Å². The van der Waals surface area contributed by atoms with E-state index in [0.717, 1.165) is 16.5 Å². The summed E-state index contributed by atoms with van der Waals surface area (Å²) >= 11 is 0. The summed E-state index contributed by atoms with van der Waals surface area (Å²) in [5, 5.41) is 14.9. The molecular weight excluding hydrogens is 295 g/mol. The van der Waals surface area contributed by atoms with E-state index in [1.807, 2.05) is 30.5 Å². The SMILES string of the molecule is [O]Cc1cccc(F)c1C(=O)NCCc1c[nH]c2ccccc12. The fourth-order valence-corrected chi connectivity index (χ4v) is 2.68. The minimum atomic E-state index is -0.664. The van der Waals surface area contributed by atoms with Gasteiger partial charge in [-0.15, -0.1) is 0 Å². The zero-order valence-electron chi connectivity index (χ0n) is 12.4. The third-order valence-corrected chi connectivity index (χ3v) is 3.84. The maximum Gasteiger partial charge on any atom is 0.254 e. The van der Waals surface area contributed by atoms with E-state index in [1.54, 1.807) is 0 Å². The summed E-state index contributed by atoms with van der Waals surface area (Å²) in [6.07, 6.45) is 2.53. The van der Waals surface area contributed by atoms with Crippen LogP contribution in [-0.4, -0.2) is 17.4 Å². The number of carbonyl (C=O) groups is 1. The minimum absolute atomic E-state index is 0.151. The van der Waals surface area contributed by atoms with Crippen LogP contribution in [0.4, 0.5) is 4.39 Å². The molecule has 0 aliphatic carbocycles. The zero-order chi connectivity index (χ0) is 16.2. The van der Waals surface area contributed by atoms with Gasteiger partial charge in [-0.05, 0) is 29.7 Å². The van der Waals surface area contributed by atoms with Gasteiger partial charge < -0.3 is 10.3 Å². The number of benzene rings is 2. The molecule has 2 aromatic carbocycles. The third-order valence-electron chi connectivity index (χ3n) is 3.84. The summed E-state index contributed by atoms with van der Waals surface area (Å²) in [6, 6.07) is 12.0. The predicted molar refractivity (Wildman–Crippen MR) is 85.1 cm³/mol. The Labute approximate surface area is 133 Å². The lowest BCUT2D eigenvalue weighted by Crippen LogP contribution is -2.27. The molecule has 0 aliphatic heterocycles. The highest BCUT2D eigenvalue weighted by atomic mass is 19.1. The first-order chi connectivity index (χ1) is 11.2. The van der Waals surface area contributed by atoms with Gasteiger partial charge in [0.15, 0.2) is 0 Å². The quantitative estimate of drug-likeness (QED) is 0.746. The molecule has 5 heteroatoms. The van der Waals surface area contributed by atoms with E-state index in [1.165, 1.54) is 18.2 Å². The van der Waals surface area contributed by atoms with Crippen molar-refractivity contribution in [2.75, 3.05) is 6.54 Å². The van der Waals surface area contributed by atoms with Gasteiger partial charge >= 0.3 is 0 Å². The highest BCUT2D eigenvalue weighted by Gasteiger charge is 2.16. The van der Waals surface area contributed by atoms with Crippen molar-refractivity contribution in [3.63, 3.8) is 0 Å². The zero-order valence-corrected chi connectivity index (χ0v) is 12.4. The Morgan fingerprint density at radius 3 is 2.74 bits per heavy atom. The molecule has 1 heterocycles. The van der Waals surface area contributed by atoms with E-state index in [-0.39, 0.29) is 11.1 Å². The van der Waals surface area contributed by atoms with E-state index in [9.17, 15) is 14.3 Å². The smallest absolute Gasteiger partial charge is 0.254 e. The van der Waals surface area contributed by atoms with Crippen LogP contribution in [0.3, 0.4) is 0 Å². The van der Waals surface area contributed by atoms with Gasteiger partial charge in [0.25, 0.3) is 5.91 Å². The number of hydrogen-bond acceptors (Lipinski definition) is 1. The molecule has 3 aromatic rings. The molecule has 0 fully saturated rings. The average Bonchev–Trinajstić information content (AvgIpc) is 2.98. The number of rotatable bonds is 5. The van der Waals surface area contributed by atoms with Crippen LogP contribution in [0.5, 0.6) is 0 Å². The number of carbonyl (C=O) groups excluding carboxylic acids is 1. The van der Waals surface area contributed by atoms with Gasteiger partial charge in [-0.2, -0.15) is 0 Å². The molecule has 117 valence electrons. The second kappa shape index (κ2) is 6.62. The molecule has 0 saturated carbocycles. The van der Waals surface area contributed by atoms with E-state index < -0.39 is 18.3 Å². The number of halogens is 1. The van der Waals surface area contributed by atoms with E-state index in [0.29, 0.717) is 13.0 Å². The lowest BCUT2D eigenvalue weighted by atomic mass is 10.1. The second-order valence-electron chi connectivity index (χ2n) is 5.28. The van der Waals surface area contributed by atoms with Crippen molar-refractivity contribution in [1.29, 1.82) is 0 Å². The Bertz CT molecular complexity index is 842. The van der Waals surface area contributed by atoms with E-state index >= 15 is 0 Å². The van der Waals surface area contributed by atoms with Crippen LogP contribution in [0.15, 0.2) is 48.7 Å². The fraction of sp³-hybridized carbons (Fsp3) is 0.167. The van der Waals surface area contributed by atoms with Crippen LogP contribution in [0.25, 0.3) is 10.9 Å². The summed E-state index contributed by atoms with van der Waals surface area (Å²) in [6.45, 7) is -0.254. The van der Waals surface area contributed by atoms with Crippen molar-refractivity contribution >= 4 is 16.8 Å². The molecule has 0 atom stereocenters. The maximum atomic E-state index is 13.8. The number of amides is 1. The normalized spacial score (nSPS) is 10.9. The number of nitrogens with one attached hydrogen (secondary N) is 2. The summed E-state index contributed by atoms with van der Waals surface area (Å²) in [5.41, 5.74) is 2.14. The minimum Gasteiger partial charge on any atom is -0.361 e.